The van der Waals surface area contributed by atoms with Crippen molar-refractivity contribution in [1.29, 1.82) is 0 Å². The Morgan fingerprint density at radius 2 is 1.24 bits per heavy atom. The van der Waals surface area contributed by atoms with Crippen molar-refractivity contribution < 1.29 is 9.52 Å². The Morgan fingerprint density at radius 1 is 0.706 bits per heavy atom. The predicted molar refractivity (Wildman–Crippen MR) is 137 cm³/mol. The molecule has 0 aliphatic carbocycles. The third kappa shape index (κ3) is 6.02. The highest BCUT2D eigenvalue weighted by Crippen LogP contribution is 2.27. The van der Waals surface area contributed by atoms with Crippen molar-refractivity contribution in [2.75, 3.05) is 0 Å². The SMILES string of the molecule is CC(C)(O)C#Cc1ccc(C#Cc2ccc(-c3nnc(-c4ccc(C(C)(C)C)cc4)o3)cc2)s1. The largest absolute Gasteiger partial charge is 0.416 e. The lowest BCUT2D eigenvalue weighted by Crippen LogP contribution is -2.14. The minimum absolute atomic E-state index is 0.0974. The smallest absolute Gasteiger partial charge is 0.248 e. The van der Waals surface area contributed by atoms with Gasteiger partial charge >= 0.3 is 0 Å². The molecule has 2 aromatic heterocycles. The van der Waals surface area contributed by atoms with Crippen molar-refractivity contribution in [3.8, 4) is 46.6 Å². The van der Waals surface area contributed by atoms with Gasteiger partial charge in [0, 0.05) is 16.7 Å². The van der Waals surface area contributed by atoms with Gasteiger partial charge in [0.2, 0.25) is 11.8 Å². The maximum Gasteiger partial charge on any atom is 0.248 e. The minimum Gasteiger partial charge on any atom is -0.416 e. The van der Waals surface area contributed by atoms with Crippen LogP contribution in [0.1, 0.15) is 55.5 Å². The van der Waals surface area contributed by atoms with E-state index in [1.165, 1.54) is 16.9 Å². The maximum atomic E-state index is 9.73. The van der Waals surface area contributed by atoms with Crippen molar-refractivity contribution >= 4 is 11.3 Å². The van der Waals surface area contributed by atoms with Gasteiger partial charge in [-0.1, -0.05) is 56.6 Å². The molecule has 0 radical (unpaired) electrons. The number of benzene rings is 2. The molecule has 0 aliphatic rings. The number of aromatic nitrogens is 2. The van der Waals surface area contributed by atoms with Crippen molar-refractivity contribution in [3.05, 3.63) is 81.5 Å². The Hall–Kier alpha value is -3.64. The van der Waals surface area contributed by atoms with Gasteiger partial charge in [0.25, 0.3) is 0 Å². The van der Waals surface area contributed by atoms with Gasteiger partial charge in [0.05, 0.1) is 9.75 Å². The third-order valence-electron chi connectivity index (χ3n) is 4.98. The second-order valence-electron chi connectivity index (χ2n) is 9.54. The lowest BCUT2D eigenvalue weighted by molar-refractivity contribution is 0.143. The molecular formula is C29H26N2O2S. The molecule has 0 fully saturated rings. The Balaban J connectivity index is 1.46. The highest BCUT2D eigenvalue weighted by Gasteiger charge is 2.15. The summed E-state index contributed by atoms with van der Waals surface area (Å²) in [6.07, 6.45) is 0. The van der Waals surface area contributed by atoms with Crippen LogP contribution in [0, 0.1) is 23.7 Å². The fraction of sp³-hybridized carbons (Fsp3) is 0.241. The van der Waals surface area contributed by atoms with Crippen LogP contribution < -0.4 is 0 Å². The second-order valence-corrected chi connectivity index (χ2v) is 10.6. The fourth-order valence-corrected chi connectivity index (χ4v) is 3.80. The van der Waals surface area contributed by atoms with E-state index in [1.807, 2.05) is 48.5 Å². The normalized spacial score (nSPS) is 11.4. The topological polar surface area (TPSA) is 59.2 Å². The molecule has 0 spiro atoms. The summed E-state index contributed by atoms with van der Waals surface area (Å²) in [7, 11) is 0. The quantitative estimate of drug-likeness (QED) is 0.353. The molecule has 0 saturated heterocycles. The van der Waals surface area contributed by atoms with Crippen molar-refractivity contribution in [1.82, 2.24) is 10.2 Å². The van der Waals surface area contributed by atoms with Crippen LogP contribution in [-0.2, 0) is 5.41 Å². The molecule has 170 valence electrons. The standard InChI is InChI=1S/C29H26N2O2S/c1-28(2,3)23-13-11-22(12-14-23)27-31-30-26(33-27)21-9-6-20(7-10-21)8-15-24-16-17-25(34-24)18-19-29(4,5)32/h6-7,9-14,16-17,32H,1-5H3. The molecule has 4 nitrogen and oxygen atoms in total. The van der Waals surface area contributed by atoms with Crippen LogP contribution >= 0.6 is 11.3 Å². The Bertz CT molecular complexity index is 1410. The number of rotatable bonds is 2. The maximum absolute atomic E-state index is 9.73. The van der Waals surface area contributed by atoms with Crippen LogP contribution in [-0.4, -0.2) is 20.9 Å². The third-order valence-corrected chi connectivity index (χ3v) is 5.90. The summed E-state index contributed by atoms with van der Waals surface area (Å²) in [5.41, 5.74) is 2.98. The molecule has 0 atom stereocenters. The van der Waals surface area contributed by atoms with Gasteiger partial charge in [-0.15, -0.1) is 21.5 Å². The van der Waals surface area contributed by atoms with E-state index < -0.39 is 5.60 Å². The van der Waals surface area contributed by atoms with E-state index in [-0.39, 0.29) is 5.41 Å². The fourth-order valence-electron chi connectivity index (χ4n) is 3.09. The molecule has 4 rings (SSSR count). The zero-order valence-electron chi connectivity index (χ0n) is 19.9. The molecule has 4 aromatic rings. The molecule has 0 aliphatic heterocycles. The summed E-state index contributed by atoms with van der Waals surface area (Å²) in [5, 5.41) is 18.2. The monoisotopic (exact) mass is 466 g/mol. The lowest BCUT2D eigenvalue weighted by Gasteiger charge is -2.18. The average Bonchev–Trinajstić information content (AvgIpc) is 3.46. The summed E-state index contributed by atoms with van der Waals surface area (Å²) in [5.74, 6) is 13.1. The van der Waals surface area contributed by atoms with Crippen LogP contribution in [0.15, 0.2) is 65.1 Å². The van der Waals surface area contributed by atoms with Gasteiger partial charge in [-0.25, -0.2) is 0 Å². The Morgan fingerprint density at radius 3 is 1.76 bits per heavy atom. The van der Waals surface area contributed by atoms with Gasteiger partial charge < -0.3 is 9.52 Å². The summed E-state index contributed by atoms with van der Waals surface area (Å²) < 4.78 is 5.91. The Kier molecular flexibility index (Phi) is 6.44. The van der Waals surface area contributed by atoms with Gasteiger partial charge in [-0.3, -0.25) is 0 Å². The van der Waals surface area contributed by atoms with E-state index in [0.717, 1.165) is 26.4 Å². The number of hydrogen-bond donors (Lipinski definition) is 1. The molecule has 0 bridgehead atoms. The summed E-state index contributed by atoms with van der Waals surface area (Å²) in [4.78, 5) is 1.80. The van der Waals surface area contributed by atoms with E-state index in [1.54, 1.807) is 13.8 Å². The van der Waals surface area contributed by atoms with Crippen molar-refractivity contribution in [2.45, 2.75) is 45.6 Å². The molecule has 0 amide bonds. The molecule has 0 saturated carbocycles. The predicted octanol–water partition coefficient (Wildman–Crippen LogP) is 6.28. The minimum atomic E-state index is -1.01. The Labute approximate surface area is 204 Å². The second kappa shape index (κ2) is 9.31. The molecule has 1 N–H and O–H groups in total. The van der Waals surface area contributed by atoms with Crippen molar-refractivity contribution in [2.24, 2.45) is 0 Å². The molecule has 2 aromatic carbocycles. The van der Waals surface area contributed by atoms with Gasteiger partial charge in [0.15, 0.2) is 0 Å². The molecule has 5 heteroatoms. The van der Waals surface area contributed by atoms with Crippen LogP contribution in [0.2, 0.25) is 0 Å². The first-order chi connectivity index (χ1) is 16.1. The van der Waals surface area contributed by atoms with E-state index in [0.29, 0.717) is 11.8 Å². The van der Waals surface area contributed by atoms with E-state index in [2.05, 4.69) is 66.8 Å². The lowest BCUT2D eigenvalue weighted by atomic mass is 9.87. The summed E-state index contributed by atoms with van der Waals surface area (Å²) in [6, 6.07) is 19.8. The first kappa shape index (κ1) is 23.5. The highest BCUT2D eigenvalue weighted by molar-refractivity contribution is 7.13. The van der Waals surface area contributed by atoms with Gasteiger partial charge in [-0.2, -0.15) is 0 Å². The summed E-state index contributed by atoms with van der Waals surface area (Å²) >= 11 is 1.50. The van der Waals surface area contributed by atoms with Crippen LogP contribution in [0.4, 0.5) is 0 Å². The van der Waals surface area contributed by atoms with E-state index >= 15 is 0 Å². The summed E-state index contributed by atoms with van der Waals surface area (Å²) in [6.45, 7) is 9.89. The number of nitrogens with zero attached hydrogens (tertiary/aromatic N) is 2. The zero-order chi connectivity index (χ0) is 24.3. The van der Waals surface area contributed by atoms with Crippen molar-refractivity contribution in [3.63, 3.8) is 0 Å². The zero-order valence-corrected chi connectivity index (χ0v) is 20.7. The number of aliphatic hydroxyl groups is 1. The van der Waals surface area contributed by atoms with E-state index in [9.17, 15) is 5.11 Å². The molecule has 0 unspecified atom stereocenters. The highest BCUT2D eigenvalue weighted by atomic mass is 32.1. The molecule has 34 heavy (non-hydrogen) atoms. The first-order valence-corrected chi connectivity index (χ1v) is 11.8. The molecule has 2 heterocycles. The first-order valence-electron chi connectivity index (χ1n) is 11.0. The van der Waals surface area contributed by atoms with Crippen LogP contribution in [0.25, 0.3) is 22.9 Å². The number of hydrogen-bond acceptors (Lipinski definition) is 5. The molecular weight excluding hydrogens is 440 g/mol. The van der Waals surface area contributed by atoms with Gasteiger partial charge in [0.1, 0.15) is 5.60 Å². The van der Waals surface area contributed by atoms with Crippen LogP contribution in [0.5, 0.6) is 0 Å². The van der Waals surface area contributed by atoms with Crippen LogP contribution in [0.3, 0.4) is 0 Å². The van der Waals surface area contributed by atoms with Gasteiger partial charge in [-0.05, 0) is 73.4 Å². The average molecular weight is 467 g/mol. The number of thiophene rings is 1. The van der Waals surface area contributed by atoms with E-state index in [4.69, 9.17) is 4.42 Å².